The molecular weight excluding hydrogens is 280 g/mol. The largest absolute Gasteiger partial charge is 0.472 e. The SMILES string of the molecule is CC(C)Oc1nccnc1N1CCCN(C(=O)C2CC2)CC1. The van der Waals surface area contributed by atoms with E-state index in [-0.39, 0.29) is 6.10 Å². The van der Waals surface area contributed by atoms with E-state index in [2.05, 4.69) is 14.9 Å². The maximum atomic E-state index is 12.2. The quantitative estimate of drug-likeness (QED) is 0.847. The first-order valence-corrected chi connectivity index (χ1v) is 8.16. The Morgan fingerprint density at radius 2 is 1.95 bits per heavy atom. The summed E-state index contributed by atoms with van der Waals surface area (Å²) in [7, 11) is 0. The highest BCUT2D eigenvalue weighted by molar-refractivity contribution is 5.81. The highest BCUT2D eigenvalue weighted by Gasteiger charge is 2.34. The molecule has 1 aromatic heterocycles. The van der Waals surface area contributed by atoms with Crippen LogP contribution < -0.4 is 9.64 Å². The van der Waals surface area contributed by atoms with Gasteiger partial charge in [0.2, 0.25) is 5.91 Å². The number of hydrogen-bond acceptors (Lipinski definition) is 5. The number of carbonyl (C=O) groups is 1. The van der Waals surface area contributed by atoms with E-state index in [0.29, 0.717) is 17.7 Å². The molecule has 120 valence electrons. The minimum absolute atomic E-state index is 0.0652. The molecule has 1 amide bonds. The summed E-state index contributed by atoms with van der Waals surface area (Å²) in [5.74, 6) is 2.00. The van der Waals surface area contributed by atoms with Gasteiger partial charge >= 0.3 is 0 Å². The van der Waals surface area contributed by atoms with Crippen molar-refractivity contribution < 1.29 is 9.53 Å². The van der Waals surface area contributed by atoms with Crippen molar-refractivity contribution in [1.82, 2.24) is 14.9 Å². The van der Waals surface area contributed by atoms with Crippen LogP contribution in [0, 0.1) is 5.92 Å². The fraction of sp³-hybridized carbons (Fsp3) is 0.688. The van der Waals surface area contributed by atoms with Crippen LogP contribution in [0.2, 0.25) is 0 Å². The van der Waals surface area contributed by atoms with Crippen LogP contribution >= 0.6 is 0 Å². The molecule has 0 aromatic carbocycles. The van der Waals surface area contributed by atoms with Crippen LogP contribution in [-0.4, -0.2) is 53.1 Å². The van der Waals surface area contributed by atoms with Gasteiger partial charge in [0.15, 0.2) is 5.82 Å². The first-order chi connectivity index (χ1) is 10.6. The van der Waals surface area contributed by atoms with E-state index >= 15 is 0 Å². The summed E-state index contributed by atoms with van der Waals surface area (Å²) in [4.78, 5) is 25.2. The molecule has 0 N–H and O–H groups in total. The van der Waals surface area contributed by atoms with Gasteiger partial charge in [-0.1, -0.05) is 0 Å². The van der Waals surface area contributed by atoms with Gasteiger partial charge in [0.25, 0.3) is 5.88 Å². The highest BCUT2D eigenvalue weighted by Crippen LogP contribution is 2.31. The number of rotatable bonds is 4. The van der Waals surface area contributed by atoms with E-state index in [1.54, 1.807) is 12.4 Å². The van der Waals surface area contributed by atoms with Crippen LogP contribution in [0.4, 0.5) is 5.82 Å². The Morgan fingerprint density at radius 1 is 1.18 bits per heavy atom. The van der Waals surface area contributed by atoms with Crippen LogP contribution in [0.5, 0.6) is 5.88 Å². The Labute approximate surface area is 131 Å². The maximum absolute atomic E-state index is 12.2. The van der Waals surface area contributed by atoms with Crippen molar-refractivity contribution in [2.45, 2.75) is 39.2 Å². The summed E-state index contributed by atoms with van der Waals surface area (Å²) in [6.45, 7) is 7.22. The van der Waals surface area contributed by atoms with E-state index < -0.39 is 0 Å². The molecule has 6 heteroatoms. The Kier molecular flexibility index (Phi) is 4.45. The third kappa shape index (κ3) is 3.48. The fourth-order valence-corrected chi connectivity index (χ4v) is 2.78. The second kappa shape index (κ2) is 6.50. The first-order valence-electron chi connectivity index (χ1n) is 8.16. The number of amides is 1. The summed E-state index contributed by atoms with van der Waals surface area (Å²) < 4.78 is 5.77. The van der Waals surface area contributed by atoms with Gasteiger partial charge in [-0.25, -0.2) is 9.97 Å². The number of nitrogens with zero attached hydrogens (tertiary/aromatic N) is 4. The smallest absolute Gasteiger partial charge is 0.257 e. The lowest BCUT2D eigenvalue weighted by molar-refractivity contribution is -0.132. The first kappa shape index (κ1) is 15.1. The molecule has 0 atom stereocenters. The molecule has 1 saturated carbocycles. The number of ether oxygens (including phenoxy) is 1. The second-order valence-corrected chi connectivity index (χ2v) is 6.29. The molecule has 6 nitrogen and oxygen atoms in total. The Bertz CT molecular complexity index is 531. The minimum Gasteiger partial charge on any atom is -0.472 e. The summed E-state index contributed by atoms with van der Waals surface area (Å²) in [6, 6.07) is 0. The van der Waals surface area contributed by atoms with Crippen LogP contribution in [0.15, 0.2) is 12.4 Å². The zero-order valence-corrected chi connectivity index (χ0v) is 13.4. The van der Waals surface area contributed by atoms with E-state index in [4.69, 9.17) is 4.74 Å². The molecule has 0 radical (unpaired) electrons. The van der Waals surface area contributed by atoms with Crippen molar-refractivity contribution >= 4 is 11.7 Å². The van der Waals surface area contributed by atoms with Gasteiger partial charge in [0.1, 0.15) is 0 Å². The van der Waals surface area contributed by atoms with Crippen LogP contribution in [0.3, 0.4) is 0 Å². The molecule has 1 aliphatic heterocycles. The fourth-order valence-electron chi connectivity index (χ4n) is 2.78. The Morgan fingerprint density at radius 3 is 2.68 bits per heavy atom. The lowest BCUT2D eigenvalue weighted by atomic mass is 10.3. The molecule has 2 heterocycles. The summed E-state index contributed by atoms with van der Waals surface area (Å²) in [5.41, 5.74) is 0. The molecule has 0 bridgehead atoms. The molecule has 2 aliphatic rings. The predicted octanol–water partition coefficient (Wildman–Crippen LogP) is 1.71. The zero-order valence-electron chi connectivity index (χ0n) is 13.4. The maximum Gasteiger partial charge on any atom is 0.257 e. The van der Waals surface area contributed by atoms with Crippen LogP contribution in [-0.2, 0) is 4.79 Å². The van der Waals surface area contributed by atoms with Gasteiger partial charge in [-0.05, 0) is 33.1 Å². The summed E-state index contributed by atoms with van der Waals surface area (Å²) in [6.07, 6.45) is 6.50. The molecule has 0 spiro atoms. The van der Waals surface area contributed by atoms with Crippen molar-refractivity contribution in [3.63, 3.8) is 0 Å². The molecule has 1 aromatic rings. The number of anilines is 1. The van der Waals surface area contributed by atoms with E-state index in [1.807, 2.05) is 18.7 Å². The van der Waals surface area contributed by atoms with Crippen molar-refractivity contribution in [1.29, 1.82) is 0 Å². The van der Waals surface area contributed by atoms with Gasteiger partial charge in [0, 0.05) is 44.5 Å². The predicted molar refractivity (Wildman–Crippen MR) is 83.9 cm³/mol. The van der Waals surface area contributed by atoms with Gasteiger partial charge in [-0.15, -0.1) is 0 Å². The van der Waals surface area contributed by atoms with Crippen LogP contribution in [0.1, 0.15) is 33.1 Å². The molecule has 1 aliphatic carbocycles. The third-order valence-corrected chi connectivity index (χ3v) is 4.03. The van der Waals surface area contributed by atoms with E-state index in [1.165, 1.54) is 0 Å². The molecular formula is C16H24N4O2. The zero-order chi connectivity index (χ0) is 15.5. The Hall–Kier alpha value is -1.85. The van der Waals surface area contributed by atoms with Crippen molar-refractivity contribution in [3.8, 4) is 5.88 Å². The average Bonchev–Trinajstić information content (AvgIpc) is 3.33. The van der Waals surface area contributed by atoms with Crippen molar-refractivity contribution in [2.75, 3.05) is 31.1 Å². The van der Waals surface area contributed by atoms with E-state index in [0.717, 1.165) is 51.3 Å². The summed E-state index contributed by atoms with van der Waals surface area (Å²) >= 11 is 0. The molecule has 3 rings (SSSR count). The van der Waals surface area contributed by atoms with Crippen LogP contribution in [0.25, 0.3) is 0 Å². The lowest BCUT2D eigenvalue weighted by Gasteiger charge is -2.24. The second-order valence-electron chi connectivity index (χ2n) is 6.29. The molecule has 0 unspecified atom stereocenters. The average molecular weight is 304 g/mol. The topological polar surface area (TPSA) is 58.6 Å². The number of aromatic nitrogens is 2. The lowest BCUT2D eigenvalue weighted by Crippen LogP contribution is -2.36. The van der Waals surface area contributed by atoms with Gasteiger partial charge in [0.05, 0.1) is 6.10 Å². The van der Waals surface area contributed by atoms with Crippen molar-refractivity contribution in [3.05, 3.63) is 12.4 Å². The Balaban J connectivity index is 1.69. The number of hydrogen-bond donors (Lipinski definition) is 0. The highest BCUT2D eigenvalue weighted by atomic mass is 16.5. The van der Waals surface area contributed by atoms with Gasteiger partial charge in [-0.2, -0.15) is 0 Å². The molecule has 1 saturated heterocycles. The summed E-state index contributed by atoms with van der Waals surface area (Å²) in [5, 5.41) is 0. The minimum atomic E-state index is 0.0652. The number of carbonyl (C=O) groups excluding carboxylic acids is 1. The van der Waals surface area contributed by atoms with Gasteiger partial charge < -0.3 is 14.5 Å². The third-order valence-electron chi connectivity index (χ3n) is 4.03. The normalized spacial score (nSPS) is 19.2. The monoisotopic (exact) mass is 304 g/mol. The standard InChI is InChI=1S/C16H24N4O2/c1-12(2)22-15-14(17-6-7-18-15)19-8-3-9-20(11-10-19)16(21)13-4-5-13/h6-7,12-13H,3-5,8-11H2,1-2H3. The van der Waals surface area contributed by atoms with E-state index in [9.17, 15) is 4.79 Å². The molecule has 2 fully saturated rings. The molecule has 22 heavy (non-hydrogen) atoms. The van der Waals surface area contributed by atoms with Gasteiger partial charge in [-0.3, -0.25) is 4.79 Å². The van der Waals surface area contributed by atoms with Crippen molar-refractivity contribution in [2.24, 2.45) is 5.92 Å².